The van der Waals surface area contributed by atoms with Crippen LogP contribution < -0.4 is 16.0 Å². The summed E-state index contributed by atoms with van der Waals surface area (Å²) in [6.07, 6.45) is 0.369. The van der Waals surface area contributed by atoms with Crippen molar-refractivity contribution in [1.82, 2.24) is 10.6 Å². The van der Waals surface area contributed by atoms with Crippen molar-refractivity contribution >= 4 is 46.8 Å². The van der Waals surface area contributed by atoms with E-state index in [1.54, 1.807) is 12.1 Å². The summed E-state index contributed by atoms with van der Waals surface area (Å²) in [6.45, 7) is 0.646. The number of halogens is 1. The van der Waals surface area contributed by atoms with Crippen molar-refractivity contribution in [3.8, 4) is 0 Å². The summed E-state index contributed by atoms with van der Waals surface area (Å²) in [5.74, 6) is -0.550. The first-order valence-corrected chi connectivity index (χ1v) is 10.1. The Morgan fingerprint density at radius 3 is 2.50 bits per heavy atom. The highest BCUT2D eigenvalue weighted by Crippen LogP contribution is 2.38. The number of benzene rings is 2. The van der Waals surface area contributed by atoms with Crippen LogP contribution in [0.15, 0.2) is 53.4 Å². The smallest absolute Gasteiger partial charge is 0.238 e. The molecule has 0 aliphatic carbocycles. The fourth-order valence-electron chi connectivity index (χ4n) is 2.75. The number of anilines is 1. The Morgan fingerprint density at radius 2 is 1.75 bits per heavy atom. The van der Waals surface area contributed by atoms with Crippen LogP contribution >= 0.6 is 23.4 Å². The van der Waals surface area contributed by atoms with Gasteiger partial charge >= 0.3 is 0 Å². The molecular formula is C20H20ClN3O3S. The molecule has 6 nitrogen and oxygen atoms in total. The fraction of sp³-hybridized carbons (Fsp3) is 0.250. The lowest BCUT2D eigenvalue weighted by Gasteiger charge is -2.23. The number of rotatable bonds is 7. The monoisotopic (exact) mass is 417 g/mol. The van der Waals surface area contributed by atoms with Gasteiger partial charge in [0.05, 0.1) is 17.4 Å². The first kappa shape index (κ1) is 20.2. The van der Waals surface area contributed by atoms with Crippen LogP contribution in [0.25, 0.3) is 0 Å². The lowest BCUT2D eigenvalue weighted by Crippen LogP contribution is -2.38. The molecule has 1 aliphatic heterocycles. The molecule has 0 fully saturated rings. The largest absolute Gasteiger partial charge is 0.354 e. The van der Waals surface area contributed by atoms with Crippen LogP contribution in [0.2, 0.25) is 5.02 Å². The molecule has 2 aromatic rings. The zero-order valence-electron chi connectivity index (χ0n) is 15.0. The molecule has 8 heteroatoms. The van der Waals surface area contributed by atoms with Crippen LogP contribution in [-0.2, 0) is 20.8 Å². The highest BCUT2D eigenvalue weighted by atomic mass is 35.5. The molecule has 28 heavy (non-hydrogen) atoms. The summed E-state index contributed by atoms with van der Waals surface area (Å²) >= 11 is 7.28. The van der Waals surface area contributed by atoms with Gasteiger partial charge in [0.25, 0.3) is 0 Å². The molecule has 146 valence electrons. The van der Waals surface area contributed by atoms with Gasteiger partial charge in [-0.3, -0.25) is 14.4 Å². The van der Waals surface area contributed by atoms with E-state index >= 15 is 0 Å². The average molecular weight is 418 g/mol. The van der Waals surface area contributed by atoms with E-state index in [0.29, 0.717) is 30.2 Å². The first-order chi connectivity index (χ1) is 13.5. The molecule has 3 amide bonds. The standard InChI is InChI=1S/C20H20ClN3O3S/c21-14-6-7-16-15(11-14)24-20(27)17(28-16)12-19(26)23-9-8-22-18(25)10-13-4-2-1-3-5-13/h1-7,11,17H,8-10,12H2,(H,22,25)(H,23,26)(H,24,27). The molecule has 1 atom stereocenters. The first-order valence-electron chi connectivity index (χ1n) is 8.85. The van der Waals surface area contributed by atoms with E-state index in [4.69, 9.17) is 11.6 Å². The number of hydrogen-bond donors (Lipinski definition) is 3. The topological polar surface area (TPSA) is 87.3 Å². The maximum Gasteiger partial charge on any atom is 0.238 e. The van der Waals surface area contributed by atoms with E-state index in [-0.39, 0.29) is 24.1 Å². The minimum atomic E-state index is -0.499. The number of thioether (sulfide) groups is 1. The summed E-state index contributed by atoms with van der Waals surface area (Å²) in [4.78, 5) is 37.1. The van der Waals surface area contributed by atoms with Crippen LogP contribution in [0.3, 0.4) is 0 Å². The Bertz CT molecular complexity index is 876. The number of nitrogens with one attached hydrogen (secondary N) is 3. The SMILES string of the molecule is O=C(Cc1ccccc1)NCCNC(=O)CC1Sc2ccc(Cl)cc2NC1=O. The van der Waals surface area contributed by atoms with E-state index in [9.17, 15) is 14.4 Å². The average Bonchev–Trinajstić information content (AvgIpc) is 2.67. The number of amides is 3. The van der Waals surface area contributed by atoms with Gasteiger partial charge in [0.15, 0.2) is 0 Å². The van der Waals surface area contributed by atoms with Crippen molar-refractivity contribution in [1.29, 1.82) is 0 Å². The molecule has 0 bridgehead atoms. The second kappa shape index (κ2) is 9.61. The highest BCUT2D eigenvalue weighted by Gasteiger charge is 2.29. The lowest BCUT2D eigenvalue weighted by molar-refractivity contribution is -0.124. The highest BCUT2D eigenvalue weighted by molar-refractivity contribution is 8.01. The Balaban J connectivity index is 1.38. The van der Waals surface area contributed by atoms with Crippen LogP contribution in [0.5, 0.6) is 0 Å². The molecule has 0 spiro atoms. The van der Waals surface area contributed by atoms with Crippen molar-refractivity contribution in [3.63, 3.8) is 0 Å². The second-order valence-electron chi connectivity index (χ2n) is 6.30. The minimum absolute atomic E-state index is 0.0660. The predicted molar refractivity (Wildman–Crippen MR) is 111 cm³/mol. The van der Waals surface area contributed by atoms with E-state index in [0.717, 1.165) is 10.5 Å². The third-order valence-electron chi connectivity index (χ3n) is 4.11. The molecule has 3 N–H and O–H groups in total. The van der Waals surface area contributed by atoms with Crippen molar-refractivity contribution in [2.75, 3.05) is 18.4 Å². The molecule has 2 aromatic carbocycles. The number of carbonyl (C=O) groups excluding carboxylic acids is 3. The predicted octanol–water partition coefficient (Wildman–Crippen LogP) is 2.62. The molecular weight excluding hydrogens is 398 g/mol. The Hall–Kier alpha value is -2.51. The van der Waals surface area contributed by atoms with Gasteiger partial charge in [-0.25, -0.2) is 0 Å². The van der Waals surface area contributed by atoms with Gasteiger partial charge in [0, 0.05) is 29.4 Å². The number of fused-ring (bicyclic) bond motifs is 1. The number of hydrogen-bond acceptors (Lipinski definition) is 4. The quantitative estimate of drug-likeness (QED) is 0.604. The molecule has 3 rings (SSSR count). The van der Waals surface area contributed by atoms with Crippen LogP contribution in [0.4, 0.5) is 5.69 Å². The van der Waals surface area contributed by atoms with Gasteiger partial charge in [-0.2, -0.15) is 0 Å². The second-order valence-corrected chi connectivity index (χ2v) is 7.98. The maximum absolute atomic E-state index is 12.2. The van der Waals surface area contributed by atoms with Gasteiger partial charge in [0.1, 0.15) is 0 Å². The molecule has 0 aromatic heterocycles. The molecule has 0 saturated heterocycles. The van der Waals surface area contributed by atoms with Crippen molar-refractivity contribution in [2.45, 2.75) is 23.0 Å². The fourth-order valence-corrected chi connectivity index (χ4v) is 4.01. The molecule has 0 saturated carbocycles. The maximum atomic E-state index is 12.2. The van der Waals surface area contributed by atoms with E-state index < -0.39 is 5.25 Å². The third-order valence-corrected chi connectivity index (χ3v) is 5.62. The molecule has 0 radical (unpaired) electrons. The van der Waals surface area contributed by atoms with Crippen LogP contribution in [-0.4, -0.2) is 36.1 Å². The van der Waals surface area contributed by atoms with E-state index in [1.807, 2.05) is 36.4 Å². The van der Waals surface area contributed by atoms with Crippen LogP contribution in [0, 0.1) is 0 Å². The number of carbonyl (C=O) groups is 3. The van der Waals surface area contributed by atoms with Crippen molar-refractivity contribution in [3.05, 3.63) is 59.1 Å². The zero-order chi connectivity index (χ0) is 19.9. The summed E-state index contributed by atoms with van der Waals surface area (Å²) in [6, 6.07) is 14.7. The van der Waals surface area contributed by atoms with Gasteiger partial charge in [-0.05, 0) is 23.8 Å². The van der Waals surface area contributed by atoms with Crippen molar-refractivity contribution in [2.24, 2.45) is 0 Å². The summed E-state index contributed by atoms with van der Waals surface area (Å²) in [5, 5.41) is 8.33. The zero-order valence-corrected chi connectivity index (χ0v) is 16.6. The molecule has 1 aliphatic rings. The Kier molecular flexibility index (Phi) is 6.95. The van der Waals surface area contributed by atoms with Crippen LogP contribution in [0.1, 0.15) is 12.0 Å². The lowest BCUT2D eigenvalue weighted by atomic mass is 10.1. The van der Waals surface area contributed by atoms with Gasteiger partial charge in [0.2, 0.25) is 17.7 Å². The third kappa shape index (κ3) is 5.74. The minimum Gasteiger partial charge on any atom is -0.354 e. The van der Waals surface area contributed by atoms with E-state index in [2.05, 4.69) is 16.0 Å². The summed E-state index contributed by atoms with van der Waals surface area (Å²) in [7, 11) is 0. The van der Waals surface area contributed by atoms with Crippen molar-refractivity contribution < 1.29 is 14.4 Å². The Labute approximate surface area is 172 Å². The molecule has 1 heterocycles. The summed E-state index contributed by atoms with van der Waals surface area (Å²) < 4.78 is 0. The summed E-state index contributed by atoms with van der Waals surface area (Å²) in [5.41, 5.74) is 1.60. The Morgan fingerprint density at radius 1 is 1.04 bits per heavy atom. The normalized spacial score (nSPS) is 15.3. The van der Waals surface area contributed by atoms with Gasteiger partial charge in [-0.15, -0.1) is 11.8 Å². The van der Waals surface area contributed by atoms with Gasteiger partial charge < -0.3 is 16.0 Å². The molecule has 1 unspecified atom stereocenters. The van der Waals surface area contributed by atoms with E-state index in [1.165, 1.54) is 11.8 Å². The van der Waals surface area contributed by atoms with Gasteiger partial charge in [-0.1, -0.05) is 41.9 Å².